The maximum Gasteiger partial charge on any atom is 0.191 e. The van der Waals surface area contributed by atoms with E-state index in [4.69, 9.17) is 9.47 Å². The average Bonchev–Trinajstić information content (AvgIpc) is 3.17. The summed E-state index contributed by atoms with van der Waals surface area (Å²) >= 11 is 0. The maximum absolute atomic E-state index is 5.44. The second-order valence-electron chi connectivity index (χ2n) is 5.86. The second-order valence-corrected chi connectivity index (χ2v) is 5.86. The van der Waals surface area contributed by atoms with Crippen LogP contribution in [-0.2, 0) is 22.6 Å². The second kappa shape index (κ2) is 12.1. The van der Waals surface area contributed by atoms with Crippen LogP contribution in [0, 0.1) is 0 Å². The SMILES string of the molecule is CN=C(NCCCOCCOC)NCc1ccc(Cn2ccnc2)cc1. The molecule has 0 fully saturated rings. The first-order valence-electron chi connectivity index (χ1n) is 8.86. The molecule has 0 unspecified atom stereocenters. The van der Waals surface area contributed by atoms with Crippen LogP contribution in [0.1, 0.15) is 17.5 Å². The summed E-state index contributed by atoms with van der Waals surface area (Å²) < 4.78 is 12.4. The van der Waals surface area contributed by atoms with Gasteiger partial charge in [0.25, 0.3) is 0 Å². The van der Waals surface area contributed by atoms with Gasteiger partial charge in [0.05, 0.1) is 19.5 Å². The van der Waals surface area contributed by atoms with E-state index in [2.05, 4.69) is 49.4 Å². The predicted molar refractivity (Wildman–Crippen MR) is 103 cm³/mol. The van der Waals surface area contributed by atoms with Crippen molar-refractivity contribution in [2.45, 2.75) is 19.5 Å². The van der Waals surface area contributed by atoms with Crippen molar-refractivity contribution in [3.8, 4) is 0 Å². The Morgan fingerprint density at radius 2 is 1.92 bits per heavy atom. The number of aliphatic imine (C=N–C) groups is 1. The molecule has 1 aromatic carbocycles. The Morgan fingerprint density at radius 3 is 2.62 bits per heavy atom. The number of aromatic nitrogens is 2. The summed E-state index contributed by atoms with van der Waals surface area (Å²) in [7, 11) is 3.45. The summed E-state index contributed by atoms with van der Waals surface area (Å²) in [6.45, 7) is 4.37. The number of guanidine groups is 1. The van der Waals surface area contributed by atoms with Gasteiger partial charge in [-0.1, -0.05) is 24.3 Å². The molecule has 2 rings (SSSR count). The Labute approximate surface area is 155 Å². The largest absolute Gasteiger partial charge is 0.382 e. The van der Waals surface area contributed by atoms with Crippen LogP contribution in [0.2, 0.25) is 0 Å². The fourth-order valence-corrected chi connectivity index (χ4v) is 2.39. The van der Waals surface area contributed by atoms with E-state index in [1.807, 2.05) is 12.5 Å². The van der Waals surface area contributed by atoms with Gasteiger partial charge in [-0.3, -0.25) is 4.99 Å². The fraction of sp³-hybridized carbons (Fsp3) is 0.474. The maximum atomic E-state index is 5.44. The van der Waals surface area contributed by atoms with Crippen LogP contribution >= 0.6 is 0 Å². The Bertz CT molecular complexity index is 626. The molecular formula is C19H29N5O2. The number of hydrogen-bond acceptors (Lipinski definition) is 4. The number of methoxy groups -OCH3 is 1. The summed E-state index contributed by atoms with van der Waals surface area (Å²) in [4.78, 5) is 8.30. The topological polar surface area (TPSA) is 72.7 Å². The lowest BCUT2D eigenvalue weighted by molar-refractivity contribution is 0.0698. The van der Waals surface area contributed by atoms with E-state index in [1.54, 1.807) is 20.4 Å². The number of nitrogens with one attached hydrogen (secondary N) is 2. The van der Waals surface area contributed by atoms with Crippen LogP contribution in [-0.4, -0.2) is 56.0 Å². The molecule has 0 bridgehead atoms. The van der Waals surface area contributed by atoms with E-state index in [-0.39, 0.29) is 0 Å². The van der Waals surface area contributed by atoms with E-state index in [0.717, 1.165) is 32.0 Å². The molecule has 0 radical (unpaired) electrons. The minimum atomic E-state index is 0.637. The van der Waals surface area contributed by atoms with Gasteiger partial charge in [-0.15, -0.1) is 0 Å². The Morgan fingerprint density at radius 1 is 1.12 bits per heavy atom. The molecule has 0 saturated carbocycles. The first kappa shape index (κ1) is 19.9. The van der Waals surface area contributed by atoms with E-state index in [1.165, 1.54) is 11.1 Å². The molecule has 142 valence electrons. The Balaban J connectivity index is 1.64. The summed E-state index contributed by atoms with van der Waals surface area (Å²) in [5.74, 6) is 0.796. The summed E-state index contributed by atoms with van der Waals surface area (Å²) in [5, 5.41) is 6.61. The normalized spacial score (nSPS) is 11.5. The molecule has 1 aromatic heterocycles. The number of rotatable bonds is 11. The van der Waals surface area contributed by atoms with Crippen molar-refractivity contribution >= 4 is 5.96 Å². The molecule has 2 aromatic rings. The number of nitrogens with zero attached hydrogens (tertiary/aromatic N) is 3. The third-order valence-electron chi connectivity index (χ3n) is 3.82. The van der Waals surface area contributed by atoms with Gasteiger partial charge in [-0.25, -0.2) is 4.98 Å². The van der Waals surface area contributed by atoms with Crippen LogP contribution < -0.4 is 10.6 Å². The zero-order valence-electron chi connectivity index (χ0n) is 15.6. The predicted octanol–water partition coefficient (Wildman–Crippen LogP) is 1.65. The minimum Gasteiger partial charge on any atom is -0.382 e. The van der Waals surface area contributed by atoms with Crippen molar-refractivity contribution in [2.24, 2.45) is 4.99 Å². The van der Waals surface area contributed by atoms with Crippen molar-refractivity contribution in [3.05, 3.63) is 54.1 Å². The van der Waals surface area contributed by atoms with Crippen molar-refractivity contribution < 1.29 is 9.47 Å². The van der Waals surface area contributed by atoms with Crippen molar-refractivity contribution in [1.82, 2.24) is 20.2 Å². The van der Waals surface area contributed by atoms with Gasteiger partial charge in [-0.05, 0) is 17.5 Å². The third kappa shape index (κ3) is 7.67. The lowest BCUT2D eigenvalue weighted by Crippen LogP contribution is -2.37. The van der Waals surface area contributed by atoms with Crippen molar-refractivity contribution in [1.29, 1.82) is 0 Å². The quantitative estimate of drug-likeness (QED) is 0.363. The van der Waals surface area contributed by atoms with E-state index < -0.39 is 0 Å². The zero-order valence-corrected chi connectivity index (χ0v) is 15.6. The van der Waals surface area contributed by atoms with Crippen LogP contribution in [0.3, 0.4) is 0 Å². The molecule has 1 heterocycles. The lowest BCUT2D eigenvalue weighted by atomic mass is 10.1. The van der Waals surface area contributed by atoms with Crippen LogP contribution in [0.15, 0.2) is 48.0 Å². The molecule has 0 aliphatic carbocycles. The zero-order chi connectivity index (χ0) is 18.5. The smallest absolute Gasteiger partial charge is 0.191 e. The van der Waals surface area contributed by atoms with Crippen LogP contribution in [0.25, 0.3) is 0 Å². The summed E-state index contributed by atoms with van der Waals surface area (Å²) in [6, 6.07) is 8.56. The third-order valence-corrected chi connectivity index (χ3v) is 3.82. The number of hydrogen-bond donors (Lipinski definition) is 2. The van der Waals surface area contributed by atoms with E-state index in [9.17, 15) is 0 Å². The number of ether oxygens (including phenoxy) is 2. The number of imidazole rings is 1. The van der Waals surface area contributed by atoms with E-state index >= 15 is 0 Å². The highest BCUT2D eigenvalue weighted by Crippen LogP contribution is 2.06. The Hall–Kier alpha value is -2.38. The van der Waals surface area contributed by atoms with Gasteiger partial charge < -0.3 is 24.7 Å². The van der Waals surface area contributed by atoms with Gasteiger partial charge in [0.15, 0.2) is 5.96 Å². The van der Waals surface area contributed by atoms with Gasteiger partial charge in [0.2, 0.25) is 0 Å². The first-order chi connectivity index (χ1) is 12.8. The van der Waals surface area contributed by atoms with Gasteiger partial charge >= 0.3 is 0 Å². The molecule has 7 heteroatoms. The van der Waals surface area contributed by atoms with Gasteiger partial charge in [-0.2, -0.15) is 0 Å². The van der Waals surface area contributed by atoms with Crippen LogP contribution in [0.4, 0.5) is 0 Å². The van der Waals surface area contributed by atoms with Gasteiger partial charge in [0, 0.05) is 52.8 Å². The molecule has 0 spiro atoms. The highest BCUT2D eigenvalue weighted by molar-refractivity contribution is 5.79. The van der Waals surface area contributed by atoms with Gasteiger partial charge in [0.1, 0.15) is 0 Å². The van der Waals surface area contributed by atoms with E-state index in [0.29, 0.717) is 19.8 Å². The molecule has 0 aliphatic rings. The number of benzene rings is 1. The highest BCUT2D eigenvalue weighted by atomic mass is 16.5. The summed E-state index contributed by atoms with van der Waals surface area (Å²) in [6.07, 6.45) is 6.51. The molecule has 26 heavy (non-hydrogen) atoms. The summed E-state index contributed by atoms with van der Waals surface area (Å²) in [5.41, 5.74) is 2.47. The Kier molecular flexibility index (Phi) is 9.24. The monoisotopic (exact) mass is 359 g/mol. The molecular weight excluding hydrogens is 330 g/mol. The standard InChI is InChI=1S/C19H29N5O2/c1-20-19(22-8-3-11-26-13-12-25-2)23-14-17-4-6-18(7-5-17)15-24-10-9-21-16-24/h4-7,9-10,16H,3,8,11-15H2,1-2H3,(H2,20,22,23). The molecule has 0 aliphatic heterocycles. The average molecular weight is 359 g/mol. The molecule has 7 nitrogen and oxygen atoms in total. The van der Waals surface area contributed by atoms with Crippen molar-refractivity contribution in [2.75, 3.05) is 40.5 Å². The fourth-order valence-electron chi connectivity index (χ4n) is 2.39. The molecule has 0 atom stereocenters. The molecule has 0 saturated heterocycles. The highest BCUT2D eigenvalue weighted by Gasteiger charge is 2.00. The molecule has 0 amide bonds. The first-order valence-corrected chi connectivity index (χ1v) is 8.86. The van der Waals surface area contributed by atoms with Crippen LogP contribution in [0.5, 0.6) is 0 Å². The lowest BCUT2D eigenvalue weighted by Gasteiger charge is -2.12. The molecule has 2 N–H and O–H groups in total. The minimum absolute atomic E-state index is 0.637. The van der Waals surface area contributed by atoms with Crippen molar-refractivity contribution in [3.63, 3.8) is 0 Å².